The topological polar surface area (TPSA) is 98.5 Å². The molecular weight excluding hydrogens is 311 g/mol. The van der Waals surface area contributed by atoms with Gasteiger partial charge in [-0.05, 0) is 42.5 Å². The molecule has 0 bridgehead atoms. The van der Waals surface area contributed by atoms with E-state index in [1.807, 2.05) is 0 Å². The van der Waals surface area contributed by atoms with E-state index in [0.717, 1.165) is 6.07 Å². The lowest BCUT2D eigenvalue weighted by Gasteiger charge is -2.07. The first-order chi connectivity index (χ1) is 10.3. The second-order valence-corrected chi connectivity index (χ2v) is 5.93. The number of carbonyl (C=O) groups is 1. The van der Waals surface area contributed by atoms with Gasteiger partial charge in [-0.15, -0.1) is 0 Å². The molecule has 0 atom stereocenters. The summed E-state index contributed by atoms with van der Waals surface area (Å²) in [5.74, 6) is -1.15. The Bertz CT molecular complexity index is 804. The molecular formula is C14H13FN2O4S. The SMILES string of the molecule is COc1ccc(C(=O)Nc2ccc(S(N)(=O)=O)cc2)cc1F. The number of benzene rings is 2. The Hall–Kier alpha value is -2.45. The number of amides is 1. The fourth-order valence-corrected chi connectivity index (χ4v) is 2.25. The summed E-state index contributed by atoms with van der Waals surface area (Å²) in [6.07, 6.45) is 0. The van der Waals surface area contributed by atoms with Gasteiger partial charge in [0.1, 0.15) is 0 Å². The van der Waals surface area contributed by atoms with Gasteiger partial charge < -0.3 is 10.1 Å². The zero-order chi connectivity index (χ0) is 16.3. The number of carbonyl (C=O) groups excluding carboxylic acids is 1. The molecule has 1 amide bonds. The first-order valence-electron chi connectivity index (χ1n) is 6.09. The second kappa shape index (κ2) is 6.12. The molecule has 2 rings (SSSR count). The largest absolute Gasteiger partial charge is 0.494 e. The number of sulfonamides is 1. The number of rotatable bonds is 4. The van der Waals surface area contributed by atoms with Gasteiger partial charge >= 0.3 is 0 Å². The van der Waals surface area contributed by atoms with Crippen molar-refractivity contribution in [1.29, 1.82) is 0 Å². The van der Waals surface area contributed by atoms with Gasteiger partial charge in [-0.2, -0.15) is 0 Å². The van der Waals surface area contributed by atoms with Crippen molar-refractivity contribution in [2.75, 3.05) is 12.4 Å². The van der Waals surface area contributed by atoms with Gasteiger partial charge in [0.2, 0.25) is 10.0 Å². The van der Waals surface area contributed by atoms with Crippen LogP contribution in [0.3, 0.4) is 0 Å². The maximum absolute atomic E-state index is 13.5. The zero-order valence-corrected chi connectivity index (χ0v) is 12.4. The molecule has 2 aromatic rings. The second-order valence-electron chi connectivity index (χ2n) is 4.37. The number of ether oxygens (including phenoxy) is 1. The molecule has 2 aromatic carbocycles. The summed E-state index contributed by atoms with van der Waals surface area (Å²) >= 11 is 0. The number of nitrogens with two attached hydrogens (primary N) is 1. The highest BCUT2D eigenvalue weighted by Crippen LogP contribution is 2.19. The van der Waals surface area contributed by atoms with Crippen LogP contribution in [0.15, 0.2) is 47.4 Å². The Labute approximate surface area is 126 Å². The van der Waals surface area contributed by atoms with Crippen LogP contribution in [0.1, 0.15) is 10.4 Å². The number of hydrogen-bond acceptors (Lipinski definition) is 4. The molecule has 0 aliphatic rings. The number of hydrogen-bond donors (Lipinski definition) is 2. The Morgan fingerprint density at radius 2 is 1.82 bits per heavy atom. The summed E-state index contributed by atoms with van der Waals surface area (Å²) in [4.78, 5) is 11.9. The molecule has 0 unspecified atom stereocenters. The predicted octanol–water partition coefficient (Wildman–Crippen LogP) is 1.73. The van der Waals surface area contributed by atoms with E-state index in [2.05, 4.69) is 5.32 Å². The maximum atomic E-state index is 13.5. The highest BCUT2D eigenvalue weighted by atomic mass is 32.2. The molecule has 0 saturated heterocycles. The van der Waals surface area contributed by atoms with E-state index < -0.39 is 21.7 Å². The van der Waals surface area contributed by atoms with Crippen molar-refractivity contribution >= 4 is 21.6 Å². The van der Waals surface area contributed by atoms with Gasteiger partial charge in [-0.1, -0.05) is 0 Å². The molecule has 0 saturated carbocycles. The summed E-state index contributed by atoms with van der Waals surface area (Å²) in [7, 11) is -2.47. The van der Waals surface area contributed by atoms with Gasteiger partial charge in [0.05, 0.1) is 12.0 Å². The standard InChI is InChI=1S/C14H13FN2O4S/c1-21-13-7-2-9(8-12(13)15)14(18)17-10-3-5-11(6-4-10)22(16,19)20/h2-8H,1H3,(H,17,18)(H2,16,19,20). The number of anilines is 1. The summed E-state index contributed by atoms with van der Waals surface area (Å²) in [5, 5.41) is 7.49. The molecule has 0 aliphatic heterocycles. The van der Waals surface area contributed by atoms with Crippen molar-refractivity contribution in [2.24, 2.45) is 5.14 Å². The van der Waals surface area contributed by atoms with Gasteiger partial charge in [0, 0.05) is 11.3 Å². The fraction of sp³-hybridized carbons (Fsp3) is 0.0714. The first kappa shape index (κ1) is 15.9. The Balaban J connectivity index is 2.17. The predicted molar refractivity (Wildman–Crippen MR) is 78.7 cm³/mol. The molecule has 0 fully saturated rings. The summed E-state index contributed by atoms with van der Waals surface area (Å²) in [6, 6.07) is 9.10. The van der Waals surface area contributed by atoms with Crippen molar-refractivity contribution in [3.63, 3.8) is 0 Å². The van der Waals surface area contributed by atoms with Crippen molar-refractivity contribution in [3.05, 3.63) is 53.8 Å². The lowest BCUT2D eigenvalue weighted by molar-refractivity contribution is 0.102. The van der Waals surface area contributed by atoms with Crippen LogP contribution in [0.2, 0.25) is 0 Å². The van der Waals surface area contributed by atoms with E-state index in [1.54, 1.807) is 0 Å². The quantitative estimate of drug-likeness (QED) is 0.895. The summed E-state index contributed by atoms with van der Waals surface area (Å²) in [6.45, 7) is 0. The van der Waals surface area contributed by atoms with Crippen molar-refractivity contribution in [1.82, 2.24) is 0 Å². The zero-order valence-electron chi connectivity index (χ0n) is 11.5. The minimum absolute atomic E-state index is 0.0362. The highest BCUT2D eigenvalue weighted by Gasteiger charge is 2.11. The smallest absolute Gasteiger partial charge is 0.255 e. The van der Waals surface area contributed by atoms with Crippen molar-refractivity contribution in [3.8, 4) is 5.75 Å². The Morgan fingerprint density at radius 3 is 2.32 bits per heavy atom. The fourth-order valence-electron chi connectivity index (χ4n) is 1.74. The number of primary sulfonamides is 1. The Kier molecular flexibility index (Phi) is 4.43. The van der Waals surface area contributed by atoms with Crippen LogP contribution in [0.25, 0.3) is 0 Å². The highest BCUT2D eigenvalue weighted by molar-refractivity contribution is 7.89. The van der Waals surface area contributed by atoms with E-state index in [9.17, 15) is 17.6 Å². The lowest BCUT2D eigenvalue weighted by atomic mass is 10.2. The molecule has 0 spiro atoms. The molecule has 8 heteroatoms. The van der Waals surface area contributed by atoms with Crippen LogP contribution in [-0.4, -0.2) is 21.4 Å². The average Bonchev–Trinajstić information content (AvgIpc) is 2.46. The lowest BCUT2D eigenvalue weighted by Crippen LogP contribution is -2.14. The summed E-state index contributed by atoms with van der Waals surface area (Å²) < 4.78 is 40.6. The number of halogens is 1. The number of methoxy groups -OCH3 is 1. The van der Waals surface area contributed by atoms with Crippen LogP contribution < -0.4 is 15.2 Å². The van der Waals surface area contributed by atoms with E-state index in [1.165, 1.54) is 43.5 Å². The third-order valence-electron chi connectivity index (χ3n) is 2.85. The molecule has 116 valence electrons. The van der Waals surface area contributed by atoms with Crippen LogP contribution >= 0.6 is 0 Å². The van der Waals surface area contributed by atoms with Crippen molar-refractivity contribution in [2.45, 2.75) is 4.90 Å². The van der Waals surface area contributed by atoms with Crippen molar-refractivity contribution < 1.29 is 22.3 Å². The van der Waals surface area contributed by atoms with E-state index in [0.29, 0.717) is 5.69 Å². The minimum Gasteiger partial charge on any atom is -0.494 e. The molecule has 6 nitrogen and oxygen atoms in total. The minimum atomic E-state index is -3.79. The third-order valence-corrected chi connectivity index (χ3v) is 3.78. The summed E-state index contributed by atoms with van der Waals surface area (Å²) in [5.41, 5.74) is 0.461. The van der Waals surface area contributed by atoms with Gasteiger partial charge in [0.15, 0.2) is 11.6 Å². The van der Waals surface area contributed by atoms with Gasteiger partial charge in [-0.25, -0.2) is 17.9 Å². The third kappa shape index (κ3) is 3.60. The van der Waals surface area contributed by atoms with Gasteiger partial charge in [-0.3, -0.25) is 4.79 Å². The molecule has 0 aromatic heterocycles. The molecule has 3 N–H and O–H groups in total. The van der Waals surface area contributed by atoms with Crippen LogP contribution in [0, 0.1) is 5.82 Å². The maximum Gasteiger partial charge on any atom is 0.255 e. The molecule has 0 aliphatic carbocycles. The number of nitrogens with one attached hydrogen (secondary N) is 1. The normalized spacial score (nSPS) is 11.0. The van der Waals surface area contributed by atoms with E-state index in [-0.39, 0.29) is 16.2 Å². The van der Waals surface area contributed by atoms with E-state index >= 15 is 0 Å². The van der Waals surface area contributed by atoms with E-state index in [4.69, 9.17) is 9.88 Å². The van der Waals surface area contributed by atoms with Crippen LogP contribution in [-0.2, 0) is 10.0 Å². The molecule has 0 heterocycles. The average molecular weight is 324 g/mol. The Morgan fingerprint density at radius 1 is 1.18 bits per heavy atom. The monoisotopic (exact) mass is 324 g/mol. The first-order valence-corrected chi connectivity index (χ1v) is 7.63. The van der Waals surface area contributed by atoms with Crippen LogP contribution in [0.4, 0.5) is 10.1 Å². The molecule has 0 radical (unpaired) electrons. The van der Waals surface area contributed by atoms with Gasteiger partial charge in [0.25, 0.3) is 5.91 Å². The molecule has 22 heavy (non-hydrogen) atoms. The van der Waals surface area contributed by atoms with Crippen LogP contribution in [0.5, 0.6) is 5.75 Å².